The Labute approximate surface area is 132 Å². The average Bonchev–Trinajstić information content (AvgIpc) is 2.44. The first-order chi connectivity index (χ1) is 10.0. The number of carbonyl (C=O) groups is 1. The Morgan fingerprint density at radius 2 is 1.95 bits per heavy atom. The molecule has 2 rings (SSSR count). The molecule has 1 aliphatic heterocycles. The van der Waals surface area contributed by atoms with Crippen LogP contribution >= 0.6 is 12.2 Å². The minimum absolute atomic E-state index is 0.121. The van der Waals surface area contributed by atoms with Crippen molar-refractivity contribution in [2.45, 2.75) is 45.3 Å². The number of piperazine rings is 1. The van der Waals surface area contributed by atoms with E-state index in [-0.39, 0.29) is 11.9 Å². The van der Waals surface area contributed by atoms with Crippen molar-refractivity contribution in [3.8, 4) is 0 Å². The van der Waals surface area contributed by atoms with Crippen LogP contribution in [0.4, 0.5) is 0 Å². The second kappa shape index (κ2) is 7.51. The van der Waals surface area contributed by atoms with Gasteiger partial charge in [-0.25, -0.2) is 0 Å². The fourth-order valence-electron chi connectivity index (χ4n) is 3.13. The summed E-state index contributed by atoms with van der Waals surface area (Å²) in [5.41, 5.74) is 5.69. The third-order valence-corrected chi connectivity index (χ3v) is 5.03. The standard InChI is InChI=1S/C15H27N3O2S/c1-3-20-13-8-12(9-13)10-14(19)18-6-4-17(5-7-18)11(2)15(16)21/h11-13H,3-10H2,1-2H3,(H2,16,21). The Bertz CT molecular complexity index is 377. The van der Waals surface area contributed by atoms with Gasteiger partial charge in [-0.2, -0.15) is 0 Å². The fourth-order valence-corrected chi connectivity index (χ4v) is 3.28. The van der Waals surface area contributed by atoms with E-state index in [9.17, 15) is 4.79 Å². The van der Waals surface area contributed by atoms with Crippen molar-refractivity contribution >= 4 is 23.1 Å². The van der Waals surface area contributed by atoms with Gasteiger partial charge in [0, 0.05) is 39.2 Å². The molecule has 1 saturated heterocycles. The van der Waals surface area contributed by atoms with Crippen LogP contribution < -0.4 is 5.73 Å². The first-order valence-corrected chi connectivity index (χ1v) is 8.34. The van der Waals surface area contributed by atoms with Crippen LogP contribution in [0.5, 0.6) is 0 Å². The zero-order valence-electron chi connectivity index (χ0n) is 13.1. The minimum Gasteiger partial charge on any atom is -0.392 e. The summed E-state index contributed by atoms with van der Waals surface area (Å²) in [6, 6.07) is 0.121. The number of hydrogen-bond acceptors (Lipinski definition) is 4. The van der Waals surface area contributed by atoms with E-state index in [0.717, 1.165) is 45.6 Å². The lowest BCUT2D eigenvalue weighted by atomic mass is 9.79. The van der Waals surface area contributed by atoms with Gasteiger partial charge in [0.25, 0.3) is 0 Å². The van der Waals surface area contributed by atoms with Gasteiger partial charge in [-0.15, -0.1) is 0 Å². The Morgan fingerprint density at radius 3 is 2.48 bits per heavy atom. The predicted molar refractivity (Wildman–Crippen MR) is 87.2 cm³/mol. The lowest BCUT2D eigenvalue weighted by molar-refractivity contribution is -0.136. The molecule has 5 nitrogen and oxygen atoms in total. The molecule has 1 unspecified atom stereocenters. The van der Waals surface area contributed by atoms with Gasteiger partial charge < -0.3 is 15.4 Å². The first-order valence-electron chi connectivity index (χ1n) is 7.94. The van der Waals surface area contributed by atoms with Gasteiger partial charge in [0.15, 0.2) is 0 Å². The average molecular weight is 313 g/mol. The Balaban J connectivity index is 1.68. The second-order valence-electron chi connectivity index (χ2n) is 6.11. The van der Waals surface area contributed by atoms with E-state index < -0.39 is 0 Å². The molecule has 2 aliphatic rings. The van der Waals surface area contributed by atoms with Gasteiger partial charge in [-0.05, 0) is 32.6 Å². The molecule has 1 saturated carbocycles. The lowest BCUT2D eigenvalue weighted by Gasteiger charge is -2.39. The maximum absolute atomic E-state index is 12.3. The molecule has 0 bridgehead atoms. The molecule has 120 valence electrons. The highest BCUT2D eigenvalue weighted by Crippen LogP contribution is 2.33. The molecule has 1 aliphatic carbocycles. The largest absolute Gasteiger partial charge is 0.392 e. The normalized spacial score (nSPS) is 28.0. The summed E-state index contributed by atoms with van der Waals surface area (Å²) in [5.74, 6) is 0.806. The van der Waals surface area contributed by atoms with Crippen LogP contribution in [0, 0.1) is 5.92 Å². The quantitative estimate of drug-likeness (QED) is 0.742. The van der Waals surface area contributed by atoms with Crippen LogP contribution in [0.3, 0.4) is 0 Å². The lowest BCUT2D eigenvalue weighted by Crippen LogP contribution is -2.54. The molecule has 0 aromatic rings. The van der Waals surface area contributed by atoms with Gasteiger partial charge in [0.05, 0.1) is 17.1 Å². The van der Waals surface area contributed by atoms with Crippen LogP contribution in [0.1, 0.15) is 33.1 Å². The second-order valence-corrected chi connectivity index (χ2v) is 6.59. The van der Waals surface area contributed by atoms with E-state index in [1.807, 2.05) is 18.7 Å². The Hall–Kier alpha value is -0.720. The first kappa shape index (κ1) is 16.6. The molecule has 1 atom stereocenters. The monoisotopic (exact) mass is 313 g/mol. The molecule has 21 heavy (non-hydrogen) atoms. The van der Waals surface area contributed by atoms with E-state index in [2.05, 4.69) is 4.90 Å². The summed E-state index contributed by atoms with van der Waals surface area (Å²) >= 11 is 5.04. The van der Waals surface area contributed by atoms with Crippen molar-refractivity contribution < 1.29 is 9.53 Å². The molecule has 1 heterocycles. The van der Waals surface area contributed by atoms with Crippen LogP contribution in [-0.4, -0.2) is 65.6 Å². The maximum Gasteiger partial charge on any atom is 0.222 e. The molecule has 1 amide bonds. The van der Waals surface area contributed by atoms with Crippen LogP contribution in [0.15, 0.2) is 0 Å². The topological polar surface area (TPSA) is 58.8 Å². The highest BCUT2D eigenvalue weighted by molar-refractivity contribution is 7.80. The van der Waals surface area contributed by atoms with Crippen molar-refractivity contribution in [3.05, 3.63) is 0 Å². The van der Waals surface area contributed by atoms with Gasteiger partial charge in [-0.3, -0.25) is 9.69 Å². The molecule has 0 aromatic carbocycles. The molecule has 2 fully saturated rings. The number of carbonyl (C=O) groups excluding carboxylic acids is 1. The summed E-state index contributed by atoms with van der Waals surface area (Å²) in [4.78, 5) is 17.1. The Kier molecular flexibility index (Phi) is 5.96. The highest BCUT2D eigenvalue weighted by Gasteiger charge is 2.33. The van der Waals surface area contributed by atoms with E-state index >= 15 is 0 Å². The summed E-state index contributed by atoms with van der Waals surface area (Å²) in [7, 11) is 0. The fraction of sp³-hybridized carbons (Fsp3) is 0.867. The SMILES string of the molecule is CCOC1CC(CC(=O)N2CCN(C(C)C(N)=S)CC2)C1. The minimum atomic E-state index is 0.121. The van der Waals surface area contributed by atoms with Crippen molar-refractivity contribution in [3.63, 3.8) is 0 Å². The van der Waals surface area contributed by atoms with Crippen LogP contribution in [0.25, 0.3) is 0 Å². The number of nitrogens with zero attached hydrogens (tertiary/aromatic N) is 2. The predicted octanol–water partition coefficient (Wildman–Crippen LogP) is 1.01. The molecule has 2 N–H and O–H groups in total. The van der Waals surface area contributed by atoms with Crippen molar-refractivity contribution in [2.75, 3.05) is 32.8 Å². The number of rotatable bonds is 6. The third-order valence-electron chi connectivity index (χ3n) is 4.68. The number of ether oxygens (including phenoxy) is 1. The molecule has 0 spiro atoms. The van der Waals surface area contributed by atoms with Crippen molar-refractivity contribution in [2.24, 2.45) is 11.7 Å². The summed E-state index contributed by atoms with van der Waals surface area (Å²) in [6.07, 6.45) is 3.14. The summed E-state index contributed by atoms with van der Waals surface area (Å²) in [6.45, 7) is 8.11. The van der Waals surface area contributed by atoms with Crippen molar-refractivity contribution in [1.29, 1.82) is 0 Å². The van der Waals surface area contributed by atoms with E-state index in [0.29, 0.717) is 23.4 Å². The third kappa shape index (κ3) is 4.37. The Morgan fingerprint density at radius 1 is 1.33 bits per heavy atom. The number of thiocarbonyl (C=S) groups is 1. The van der Waals surface area contributed by atoms with Crippen LogP contribution in [-0.2, 0) is 9.53 Å². The van der Waals surface area contributed by atoms with Gasteiger partial charge in [0.2, 0.25) is 5.91 Å². The zero-order valence-corrected chi connectivity index (χ0v) is 13.9. The number of nitrogens with two attached hydrogens (primary N) is 1. The summed E-state index contributed by atoms with van der Waals surface area (Å²) < 4.78 is 5.54. The molecular formula is C15H27N3O2S. The van der Waals surface area contributed by atoms with Crippen LogP contribution in [0.2, 0.25) is 0 Å². The highest BCUT2D eigenvalue weighted by atomic mass is 32.1. The smallest absolute Gasteiger partial charge is 0.222 e. The maximum atomic E-state index is 12.3. The van der Waals surface area contributed by atoms with E-state index in [1.54, 1.807) is 0 Å². The summed E-state index contributed by atoms with van der Waals surface area (Å²) in [5, 5.41) is 0. The molecule has 0 radical (unpaired) electrons. The van der Waals surface area contributed by atoms with Crippen molar-refractivity contribution in [1.82, 2.24) is 9.80 Å². The number of amides is 1. The number of hydrogen-bond donors (Lipinski definition) is 1. The molecular weight excluding hydrogens is 286 g/mol. The van der Waals surface area contributed by atoms with Gasteiger partial charge in [0.1, 0.15) is 0 Å². The van der Waals surface area contributed by atoms with Gasteiger partial charge >= 0.3 is 0 Å². The molecule has 0 aromatic heterocycles. The molecule has 6 heteroatoms. The van der Waals surface area contributed by atoms with Gasteiger partial charge in [-0.1, -0.05) is 12.2 Å². The zero-order chi connectivity index (χ0) is 15.4. The van der Waals surface area contributed by atoms with E-state index in [1.165, 1.54) is 0 Å². The van der Waals surface area contributed by atoms with E-state index in [4.69, 9.17) is 22.7 Å².